The van der Waals surface area contributed by atoms with Crippen molar-refractivity contribution >= 4 is 5.91 Å². The van der Waals surface area contributed by atoms with E-state index < -0.39 is 11.9 Å². The zero-order valence-electron chi connectivity index (χ0n) is 16.6. The molecule has 0 bridgehead atoms. The van der Waals surface area contributed by atoms with Crippen LogP contribution in [0.5, 0.6) is 5.88 Å². The predicted molar refractivity (Wildman–Crippen MR) is 107 cm³/mol. The largest absolute Gasteiger partial charge is 0.481 e. The van der Waals surface area contributed by atoms with Crippen molar-refractivity contribution in [2.45, 2.75) is 24.9 Å². The molecule has 0 aliphatic heterocycles. The summed E-state index contributed by atoms with van der Waals surface area (Å²) in [6, 6.07) is 7.47. The molecular formula is C22H19F3N4O2. The number of nitrogens with zero attached hydrogens (tertiary/aromatic N) is 3. The molecule has 3 aromatic heterocycles. The van der Waals surface area contributed by atoms with E-state index in [-0.39, 0.29) is 11.8 Å². The molecule has 3 heterocycles. The third kappa shape index (κ3) is 4.50. The Labute approximate surface area is 176 Å². The maximum atomic E-state index is 13.0. The number of nitrogens with one attached hydrogen (secondary N) is 1. The fraction of sp³-hybridized carbons (Fsp3) is 0.273. The van der Waals surface area contributed by atoms with Crippen LogP contribution in [0.2, 0.25) is 0 Å². The first-order valence-corrected chi connectivity index (χ1v) is 9.66. The standard InChI is InChI=1S/C22H19F3N4O2/c1-31-20-9-14(5-7-27-20)21(30)29-12-16-3-2-15-11-28-18(10-17(15)16)13-4-6-26-19(8-13)22(23,24)25/h4-11,16H,2-3,12H2,1H3,(H,29,30)/t16-/m1/s1. The van der Waals surface area contributed by atoms with E-state index in [9.17, 15) is 18.0 Å². The molecule has 1 amide bonds. The van der Waals surface area contributed by atoms with Crippen LogP contribution in [0.15, 0.2) is 48.9 Å². The number of hydrogen-bond donors (Lipinski definition) is 1. The van der Waals surface area contributed by atoms with E-state index in [1.54, 1.807) is 18.3 Å². The fourth-order valence-electron chi connectivity index (χ4n) is 3.67. The zero-order valence-corrected chi connectivity index (χ0v) is 16.6. The molecule has 160 valence electrons. The van der Waals surface area contributed by atoms with Crippen LogP contribution in [0, 0.1) is 0 Å². The summed E-state index contributed by atoms with van der Waals surface area (Å²) in [7, 11) is 1.48. The molecule has 1 N–H and O–H groups in total. The number of methoxy groups -OCH3 is 1. The number of fused-ring (bicyclic) bond motifs is 1. The minimum absolute atomic E-state index is 0.0494. The van der Waals surface area contributed by atoms with Gasteiger partial charge in [0.2, 0.25) is 5.88 Å². The number of aromatic nitrogens is 3. The van der Waals surface area contributed by atoms with Crippen molar-refractivity contribution in [1.29, 1.82) is 0 Å². The predicted octanol–water partition coefficient (Wildman–Crippen LogP) is 4.03. The van der Waals surface area contributed by atoms with Gasteiger partial charge in [0, 0.05) is 48.2 Å². The van der Waals surface area contributed by atoms with Crippen LogP contribution in [-0.2, 0) is 12.6 Å². The van der Waals surface area contributed by atoms with Gasteiger partial charge in [0.15, 0.2) is 0 Å². The molecule has 4 rings (SSSR count). The van der Waals surface area contributed by atoms with Gasteiger partial charge in [0.1, 0.15) is 5.69 Å². The molecule has 31 heavy (non-hydrogen) atoms. The second kappa shape index (κ2) is 8.33. The van der Waals surface area contributed by atoms with Gasteiger partial charge in [0.25, 0.3) is 5.91 Å². The highest BCUT2D eigenvalue weighted by Crippen LogP contribution is 2.35. The molecule has 0 fully saturated rings. The molecule has 0 saturated carbocycles. The van der Waals surface area contributed by atoms with Crippen molar-refractivity contribution in [2.75, 3.05) is 13.7 Å². The molecule has 0 unspecified atom stereocenters. The van der Waals surface area contributed by atoms with Gasteiger partial charge >= 0.3 is 6.18 Å². The minimum atomic E-state index is -4.52. The number of hydrogen-bond acceptors (Lipinski definition) is 5. The molecule has 9 heteroatoms. The molecule has 3 aromatic rings. The summed E-state index contributed by atoms with van der Waals surface area (Å²) in [5.41, 5.74) is 2.31. The number of halogens is 3. The molecule has 6 nitrogen and oxygen atoms in total. The zero-order chi connectivity index (χ0) is 22.0. The average Bonchev–Trinajstić information content (AvgIpc) is 3.19. The molecule has 0 spiro atoms. The summed E-state index contributed by atoms with van der Waals surface area (Å²) in [4.78, 5) is 24.2. The molecule has 1 aliphatic rings. The molecular weight excluding hydrogens is 409 g/mol. The smallest absolute Gasteiger partial charge is 0.433 e. The van der Waals surface area contributed by atoms with E-state index in [0.717, 1.165) is 36.2 Å². The SMILES string of the molecule is COc1cc(C(=O)NC[C@H]2CCc3cnc(-c4ccnc(C(F)(F)F)c4)cc32)ccn1. The van der Waals surface area contributed by atoms with Crippen molar-refractivity contribution < 1.29 is 22.7 Å². The first-order valence-electron chi connectivity index (χ1n) is 9.66. The lowest BCUT2D eigenvalue weighted by molar-refractivity contribution is -0.141. The summed E-state index contributed by atoms with van der Waals surface area (Å²) in [6.07, 6.45) is 1.44. The van der Waals surface area contributed by atoms with Crippen LogP contribution in [0.4, 0.5) is 13.2 Å². The van der Waals surface area contributed by atoms with Crippen molar-refractivity contribution in [1.82, 2.24) is 20.3 Å². The highest BCUT2D eigenvalue weighted by molar-refractivity contribution is 5.94. The van der Waals surface area contributed by atoms with Crippen LogP contribution >= 0.6 is 0 Å². The minimum Gasteiger partial charge on any atom is -0.481 e. The first kappa shape index (κ1) is 20.8. The number of rotatable bonds is 5. The summed E-state index contributed by atoms with van der Waals surface area (Å²) in [5.74, 6) is 0.158. The Morgan fingerprint density at radius 3 is 2.74 bits per heavy atom. The topological polar surface area (TPSA) is 77.0 Å². The van der Waals surface area contributed by atoms with E-state index in [2.05, 4.69) is 20.3 Å². The van der Waals surface area contributed by atoms with E-state index in [4.69, 9.17) is 4.74 Å². The highest BCUT2D eigenvalue weighted by atomic mass is 19.4. The number of pyridine rings is 3. The second-order valence-corrected chi connectivity index (χ2v) is 7.23. The lowest BCUT2D eigenvalue weighted by Crippen LogP contribution is -2.27. The van der Waals surface area contributed by atoms with Gasteiger partial charge in [-0.25, -0.2) is 4.98 Å². The van der Waals surface area contributed by atoms with Gasteiger partial charge in [-0.2, -0.15) is 13.2 Å². The van der Waals surface area contributed by atoms with Crippen LogP contribution in [0.3, 0.4) is 0 Å². The monoisotopic (exact) mass is 428 g/mol. The lowest BCUT2D eigenvalue weighted by atomic mass is 9.99. The quantitative estimate of drug-likeness (QED) is 0.664. The molecule has 0 saturated heterocycles. The molecule has 0 aromatic carbocycles. The van der Waals surface area contributed by atoms with Crippen LogP contribution < -0.4 is 10.1 Å². The van der Waals surface area contributed by atoms with E-state index in [1.165, 1.54) is 19.4 Å². The van der Waals surface area contributed by atoms with Crippen molar-refractivity contribution in [2.24, 2.45) is 0 Å². The third-order valence-electron chi connectivity index (χ3n) is 5.29. The molecule has 1 atom stereocenters. The normalized spacial score (nSPS) is 15.4. The van der Waals surface area contributed by atoms with Crippen LogP contribution in [0.1, 0.15) is 39.5 Å². The Balaban J connectivity index is 1.51. The van der Waals surface area contributed by atoms with Gasteiger partial charge in [0.05, 0.1) is 12.8 Å². The van der Waals surface area contributed by atoms with E-state index in [0.29, 0.717) is 29.2 Å². The summed E-state index contributed by atoms with van der Waals surface area (Å²) < 4.78 is 44.0. The number of amides is 1. The maximum Gasteiger partial charge on any atom is 0.433 e. The third-order valence-corrected chi connectivity index (χ3v) is 5.29. The first-order chi connectivity index (χ1) is 14.8. The number of carbonyl (C=O) groups is 1. The number of alkyl halides is 3. The van der Waals surface area contributed by atoms with Gasteiger partial charge in [-0.15, -0.1) is 0 Å². The second-order valence-electron chi connectivity index (χ2n) is 7.23. The summed E-state index contributed by atoms with van der Waals surface area (Å²) in [6.45, 7) is 0.407. The Hall–Kier alpha value is -3.49. The van der Waals surface area contributed by atoms with E-state index in [1.807, 2.05) is 6.07 Å². The maximum absolute atomic E-state index is 13.0. The number of carbonyl (C=O) groups excluding carboxylic acids is 1. The lowest BCUT2D eigenvalue weighted by Gasteiger charge is -2.14. The summed E-state index contributed by atoms with van der Waals surface area (Å²) >= 11 is 0. The Kier molecular flexibility index (Phi) is 5.58. The molecule has 0 radical (unpaired) electrons. The summed E-state index contributed by atoms with van der Waals surface area (Å²) in [5, 5.41) is 2.92. The van der Waals surface area contributed by atoms with Crippen molar-refractivity contribution in [3.8, 4) is 17.1 Å². The average molecular weight is 428 g/mol. The molecule has 1 aliphatic carbocycles. The Morgan fingerprint density at radius 2 is 1.97 bits per heavy atom. The number of ether oxygens (including phenoxy) is 1. The van der Waals surface area contributed by atoms with Crippen molar-refractivity contribution in [3.05, 3.63) is 71.3 Å². The van der Waals surface area contributed by atoms with Crippen molar-refractivity contribution in [3.63, 3.8) is 0 Å². The van der Waals surface area contributed by atoms with Gasteiger partial charge < -0.3 is 10.1 Å². The number of aryl methyl sites for hydroxylation is 1. The highest BCUT2D eigenvalue weighted by Gasteiger charge is 2.33. The fourth-order valence-corrected chi connectivity index (χ4v) is 3.67. The van der Waals surface area contributed by atoms with Gasteiger partial charge in [-0.05, 0) is 48.2 Å². The van der Waals surface area contributed by atoms with E-state index >= 15 is 0 Å². The van der Waals surface area contributed by atoms with Crippen LogP contribution in [-0.4, -0.2) is 34.5 Å². The Morgan fingerprint density at radius 1 is 1.16 bits per heavy atom. The van der Waals surface area contributed by atoms with Gasteiger partial charge in [-0.3, -0.25) is 14.8 Å². The van der Waals surface area contributed by atoms with Gasteiger partial charge in [-0.1, -0.05) is 0 Å². The Bertz CT molecular complexity index is 1120. The van der Waals surface area contributed by atoms with Crippen LogP contribution in [0.25, 0.3) is 11.3 Å².